The topological polar surface area (TPSA) is 4.93 Å². The average Bonchev–Trinajstić information content (AvgIpc) is 2.69. The molecule has 0 aliphatic rings. The highest BCUT2D eigenvalue weighted by Crippen LogP contribution is 2.34. The Morgan fingerprint density at radius 3 is 2.19 bits per heavy atom. The fourth-order valence-corrected chi connectivity index (χ4v) is 1.46. The first-order valence-electron chi connectivity index (χ1n) is 4.48. The van der Waals surface area contributed by atoms with E-state index in [4.69, 9.17) is 0 Å². The first-order valence-corrected chi connectivity index (χ1v) is 4.48. The van der Waals surface area contributed by atoms with Crippen molar-refractivity contribution in [1.29, 1.82) is 0 Å². The van der Waals surface area contributed by atoms with Gasteiger partial charge in [-0.25, -0.2) is 4.39 Å². The van der Waals surface area contributed by atoms with Crippen molar-refractivity contribution >= 4 is 0 Å². The summed E-state index contributed by atoms with van der Waals surface area (Å²) in [6.07, 6.45) is -1.62. The van der Waals surface area contributed by atoms with E-state index in [0.717, 1.165) is 12.1 Å². The summed E-state index contributed by atoms with van der Waals surface area (Å²) in [6, 6.07) is 5.81. The Labute approximate surface area is 88.9 Å². The maximum absolute atomic E-state index is 12.8. The van der Waals surface area contributed by atoms with Crippen LogP contribution in [-0.2, 0) is 6.18 Å². The molecule has 1 nitrogen and oxygen atoms in total. The number of hydrogen-bond donors (Lipinski definition) is 0. The molecule has 5 heteroatoms. The number of alkyl halides is 3. The molecule has 84 valence electrons. The molecule has 0 amide bonds. The standard InChI is InChI=1S/C11H7F4N/c12-8-3-4-10(16-5-1-2-6-16)9(7-8)11(13,14)15/h1-7H. The van der Waals surface area contributed by atoms with Gasteiger partial charge in [0, 0.05) is 12.4 Å². The molecule has 16 heavy (non-hydrogen) atoms. The van der Waals surface area contributed by atoms with E-state index in [0.29, 0.717) is 6.07 Å². The van der Waals surface area contributed by atoms with Crippen LogP contribution >= 0.6 is 0 Å². The largest absolute Gasteiger partial charge is 0.418 e. The first-order chi connectivity index (χ1) is 7.48. The lowest BCUT2D eigenvalue weighted by Crippen LogP contribution is -2.10. The summed E-state index contributed by atoms with van der Waals surface area (Å²) in [5, 5.41) is 0. The number of rotatable bonds is 1. The molecule has 0 unspecified atom stereocenters. The molecule has 0 fully saturated rings. The third-order valence-electron chi connectivity index (χ3n) is 2.15. The van der Waals surface area contributed by atoms with Gasteiger partial charge in [0.2, 0.25) is 0 Å². The number of nitrogens with zero attached hydrogens (tertiary/aromatic N) is 1. The average molecular weight is 229 g/mol. The van der Waals surface area contributed by atoms with Gasteiger partial charge < -0.3 is 4.57 Å². The lowest BCUT2D eigenvalue weighted by Gasteiger charge is -2.13. The van der Waals surface area contributed by atoms with Crippen molar-refractivity contribution in [2.75, 3.05) is 0 Å². The van der Waals surface area contributed by atoms with Crippen molar-refractivity contribution in [3.8, 4) is 5.69 Å². The molecule has 0 radical (unpaired) electrons. The number of aromatic nitrogens is 1. The summed E-state index contributed by atoms with van der Waals surface area (Å²) in [4.78, 5) is 0. The minimum atomic E-state index is -4.57. The molecule has 2 aromatic rings. The minimum absolute atomic E-state index is 0.0844. The number of benzene rings is 1. The van der Waals surface area contributed by atoms with Crippen LogP contribution in [0.15, 0.2) is 42.7 Å². The summed E-state index contributed by atoms with van der Waals surface area (Å²) in [6.45, 7) is 0. The van der Waals surface area contributed by atoms with Crippen LogP contribution in [0.25, 0.3) is 5.69 Å². The third-order valence-corrected chi connectivity index (χ3v) is 2.15. The molecule has 2 rings (SSSR count). The zero-order valence-electron chi connectivity index (χ0n) is 8.00. The van der Waals surface area contributed by atoms with Crippen LogP contribution in [0.5, 0.6) is 0 Å². The molecule has 0 aliphatic heterocycles. The quantitative estimate of drug-likeness (QED) is 0.658. The lowest BCUT2D eigenvalue weighted by molar-refractivity contribution is -0.137. The zero-order chi connectivity index (χ0) is 11.8. The van der Waals surface area contributed by atoms with E-state index in [9.17, 15) is 17.6 Å². The second-order valence-electron chi connectivity index (χ2n) is 3.25. The zero-order valence-corrected chi connectivity index (χ0v) is 8.00. The van der Waals surface area contributed by atoms with Gasteiger partial charge in [0.1, 0.15) is 5.82 Å². The van der Waals surface area contributed by atoms with Gasteiger partial charge in [-0.05, 0) is 30.3 Å². The van der Waals surface area contributed by atoms with Gasteiger partial charge in [-0.2, -0.15) is 13.2 Å². The lowest BCUT2D eigenvalue weighted by atomic mass is 10.1. The molecular formula is C11H7F4N. The van der Waals surface area contributed by atoms with E-state index in [1.165, 1.54) is 17.0 Å². The second kappa shape index (κ2) is 3.66. The highest BCUT2D eigenvalue weighted by Gasteiger charge is 2.34. The van der Waals surface area contributed by atoms with Crippen molar-refractivity contribution in [2.24, 2.45) is 0 Å². The van der Waals surface area contributed by atoms with Crippen molar-refractivity contribution in [3.05, 3.63) is 54.1 Å². The van der Waals surface area contributed by atoms with Crippen LogP contribution in [-0.4, -0.2) is 4.57 Å². The Kier molecular flexibility index (Phi) is 2.46. The summed E-state index contributed by atoms with van der Waals surface area (Å²) in [5.41, 5.74) is -1.07. The van der Waals surface area contributed by atoms with E-state index in [1.807, 2.05) is 0 Å². The molecule has 0 saturated carbocycles. The van der Waals surface area contributed by atoms with Crippen molar-refractivity contribution < 1.29 is 17.6 Å². The fourth-order valence-electron chi connectivity index (χ4n) is 1.46. The van der Waals surface area contributed by atoms with Gasteiger partial charge in [-0.1, -0.05) is 0 Å². The summed E-state index contributed by atoms with van der Waals surface area (Å²) in [5.74, 6) is -0.900. The SMILES string of the molecule is Fc1ccc(-n2cccc2)c(C(F)(F)F)c1. The van der Waals surface area contributed by atoms with E-state index >= 15 is 0 Å². The molecule has 0 N–H and O–H groups in total. The van der Waals surface area contributed by atoms with E-state index < -0.39 is 17.6 Å². The molecule has 0 spiro atoms. The number of hydrogen-bond acceptors (Lipinski definition) is 0. The molecule has 0 atom stereocenters. The Morgan fingerprint density at radius 2 is 1.62 bits per heavy atom. The molecule has 0 bridgehead atoms. The predicted molar refractivity (Wildman–Crippen MR) is 50.7 cm³/mol. The Balaban J connectivity index is 2.62. The van der Waals surface area contributed by atoms with Crippen molar-refractivity contribution in [2.45, 2.75) is 6.18 Å². The van der Waals surface area contributed by atoms with Crippen LogP contribution in [0.1, 0.15) is 5.56 Å². The second-order valence-corrected chi connectivity index (χ2v) is 3.25. The maximum Gasteiger partial charge on any atom is 0.418 e. The van der Waals surface area contributed by atoms with Gasteiger partial charge in [0.15, 0.2) is 0 Å². The van der Waals surface area contributed by atoms with Crippen molar-refractivity contribution in [1.82, 2.24) is 4.57 Å². The normalized spacial score (nSPS) is 11.8. The van der Waals surface area contributed by atoms with Gasteiger partial charge in [-0.15, -0.1) is 0 Å². The minimum Gasteiger partial charge on any atom is -0.323 e. The summed E-state index contributed by atoms with van der Waals surface area (Å²) >= 11 is 0. The first kappa shape index (κ1) is 10.7. The van der Waals surface area contributed by atoms with Crippen molar-refractivity contribution in [3.63, 3.8) is 0 Å². The molecular weight excluding hydrogens is 222 g/mol. The summed E-state index contributed by atoms with van der Waals surface area (Å²) < 4.78 is 52.0. The Bertz CT molecular complexity index is 485. The molecule has 1 aromatic carbocycles. The molecule has 1 aromatic heterocycles. The monoisotopic (exact) mass is 229 g/mol. The highest BCUT2D eigenvalue weighted by atomic mass is 19.4. The molecule has 0 aliphatic carbocycles. The van der Waals surface area contributed by atoms with E-state index in [-0.39, 0.29) is 5.69 Å². The third kappa shape index (κ3) is 1.93. The molecule has 1 heterocycles. The van der Waals surface area contributed by atoms with E-state index in [2.05, 4.69) is 0 Å². The fraction of sp³-hybridized carbons (Fsp3) is 0.0909. The molecule has 0 saturated heterocycles. The number of halogens is 4. The van der Waals surface area contributed by atoms with Gasteiger partial charge in [0.25, 0.3) is 0 Å². The van der Waals surface area contributed by atoms with Crippen LogP contribution < -0.4 is 0 Å². The highest BCUT2D eigenvalue weighted by molar-refractivity contribution is 5.43. The van der Waals surface area contributed by atoms with E-state index in [1.54, 1.807) is 12.1 Å². The predicted octanol–water partition coefficient (Wildman–Crippen LogP) is 3.64. The van der Waals surface area contributed by atoms with Crippen LogP contribution in [0, 0.1) is 5.82 Å². The maximum atomic E-state index is 12.8. The Morgan fingerprint density at radius 1 is 1.00 bits per heavy atom. The van der Waals surface area contributed by atoms with Gasteiger partial charge in [0.05, 0.1) is 11.3 Å². The van der Waals surface area contributed by atoms with Gasteiger partial charge in [-0.3, -0.25) is 0 Å². The van der Waals surface area contributed by atoms with Crippen LogP contribution in [0.2, 0.25) is 0 Å². The van der Waals surface area contributed by atoms with Crippen LogP contribution in [0.4, 0.5) is 17.6 Å². The van der Waals surface area contributed by atoms with Crippen LogP contribution in [0.3, 0.4) is 0 Å². The smallest absolute Gasteiger partial charge is 0.323 e. The summed E-state index contributed by atoms with van der Waals surface area (Å²) in [7, 11) is 0. The van der Waals surface area contributed by atoms with Gasteiger partial charge >= 0.3 is 6.18 Å². The Hall–Kier alpha value is -1.78.